The third kappa shape index (κ3) is 1.68. The van der Waals surface area contributed by atoms with Gasteiger partial charge in [0.1, 0.15) is 10.0 Å². The van der Waals surface area contributed by atoms with Gasteiger partial charge < -0.3 is 5.73 Å². The van der Waals surface area contributed by atoms with E-state index in [1.165, 1.54) is 6.07 Å². The summed E-state index contributed by atoms with van der Waals surface area (Å²) < 4.78 is 0. The molecular formula is C7H6Cl2N2O2. The maximum Gasteiger partial charge on any atom is 0.308 e. The fourth-order valence-electron chi connectivity index (χ4n) is 0.909. The van der Waals surface area contributed by atoms with Crippen LogP contribution in [0.4, 0.5) is 11.4 Å². The molecule has 0 aliphatic rings. The van der Waals surface area contributed by atoms with E-state index in [4.69, 9.17) is 28.9 Å². The average Bonchev–Trinajstić information content (AvgIpc) is 1.99. The summed E-state index contributed by atoms with van der Waals surface area (Å²) in [7, 11) is 0. The molecule has 0 aliphatic carbocycles. The van der Waals surface area contributed by atoms with E-state index >= 15 is 0 Å². The number of rotatable bonds is 1. The van der Waals surface area contributed by atoms with Gasteiger partial charge >= 0.3 is 5.69 Å². The van der Waals surface area contributed by atoms with Gasteiger partial charge in [0.15, 0.2) is 0 Å². The zero-order valence-electron chi connectivity index (χ0n) is 6.67. The number of nitrogens with zero attached hydrogens (tertiary/aromatic N) is 1. The Morgan fingerprint density at radius 2 is 2.08 bits per heavy atom. The molecular weight excluding hydrogens is 215 g/mol. The van der Waals surface area contributed by atoms with Crippen LogP contribution >= 0.6 is 23.2 Å². The van der Waals surface area contributed by atoms with Crippen LogP contribution in [-0.2, 0) is 0 Å². The minimum absolute atomic E-state index is 0.00157. The average molecular weight is 221 g/mol. The molecule has 1 rings (SSSR count). The van der Waals surface area contributed by atoms with Crippen molar-refractivity contribution in [3.8, 4) is 0 Å². The molecule has 6 heteroatoms. The summed E-state index contributed by atoms with van der Waals surface area (Å²) in [5.74, 6) is 0. The molecule has 70 valence electrons. The summed E-state index contributed by atoms with van der Waals surface area (Å²) in [5.41, 5.74) is 5.97. The zero-order valence-corrected chi connectivity index (χ0v) is 8.19. The molecule has 0 saturated heterocycles. The molecule has 0 amide bonds. The molecule has 1 aromatic rings. The third-order valence-electron chi connectivity index (χ3n) is 1.62. The van der Waals surface area contributed by atoms with Crippen LogP contribution < -0.4 is 5.73 Å². The Bertz CT molecular complexity index is 379. The lowest BCUT2D eigenvalue weighted by Gasteiger charge is -2.04. The van der Waals surface area contributed by atoms with Crippen molar-refractivity contribution in [3.05, 3.63) is 31.8 Å². The summed E-state index contributed by atoms with van der Waals surface area (Å²) in [4.78, 5) is 9.83. The molecule has 0 bridgehead atoms. The highest BCUT2D eigenvalue weighted by atomic mass is 35.5. The van der Waals surface area contributed by atoms with Gasteiger partial charge in [-0.1, -0.05) is 23.2 Å². The summed E-state index contributed by atoms with van der Waals surface area (Å²) in [6.07, 6.45) is 0. The Balaban J connectivity index is 3.53. The van der Waals surface area contributed by atoms with Crippen molar-refractivity contribution in [2.75, 3.05) is 5.73 Å². The fourth-order valence-corrected chi connectivity index (χ4v) is 1.60. The van der Waals surface area contributed by atoms with E-state index in [0.29, 0.717) is 5.56 Å². The van der Waals surface area contributed by atoms with Crippen LogP contribution in [-0.4, -0.2) is 4.92 Å². The predicted octanol–water partition coefficient (Wildman–Crippen LogP) is 2.79. The third-order valence-corrected chi connectivity index (χ3v) is 2.29. The molecule has 0 heterocycles. The van der Waals surface area contributed by atoms with Crippen LogP contribution in [0.25, 0.3) is 0 Å². The molecule has 13 heavy (non-hydrogen) atoms. The fraction of sp³-hybridized carbons (Fsp3) is 0.143. The lowest BCUT2D eigenvalue weighted by Crippen LogP contribution is -1.97. The maximum atomic E-state index is 10.5. The van der Waals surface area contributed by atoms with E-state index in [9.17, 15) is 10.1 Å². The minimum atomic E-state index is -0.652. The molecule has 1 aromatic carbocycles. The highest BCUT2D eigenvalue weighted by Crippen LogP contribution is 2.38. The molecule has 0 aromatic heterocycles. The second-order valence-corrected chi connectivity index (χ2v) is 3.29. The summed E-state index contributed by atoms with van der Waals surface area (Å²) >= 11 is 11.3. The summed E-state index contributed by atoms with van der Waals surface area (Å²) in [5, 5.41) is 10.4. The summed E-state index contributed by atoms with van der Waals surface area (Å²) in [6, 6.07) is 1.42. The van der Waals surface area contributed by atoms with Crippen LogP contribution in [0, 0.1) is 17.0 Å². The first kappa shape index (κ1) is 10.1. The van der Waals surface area contributed by atoms with Gasteiger partial charge in [-0.2, -0.15) is 0 Å². The second-order valence-electron chi connectivity index (χ2n) is 2.51. The van der Waals surface area contributed by atoms with Gasteiger partial charge in [0.2, 0.25) is 0 Å². The van der Waals surface area contributed by atoms with Crippen molar-refractivity contribution in [1.29, 1.82) is 0 Å². The molecule has 0 radical (unpaired) electrons. The van der Waals surface area contributed by atoms with E-state index in [-0.39, 0.29) is 21.4 Å². The number of benzene rings is 1. The van der Waals surface area contributed by atoms with E-state index < -0.39 is 4.92 Å². The molecule has 0 atom stereocenters. The maximum absolute atomic E-state index is 10.5. The Hall–Kier alpha value is -1.00. The molecule has 0 fully saturated rings. The number of nitrogen functional groups attached to an aromatic ring is 1. The highest BCUT2D eigenvalue weighted by molar-refractivity contribution is 6.40. The molecule has 2 N–H and O–H groups in total. The first-order valence-corrected chi connectivity index (χ1v) is 4.09. The van der Waals surface area contributed by atoms with Gasteiger partial charge in [-0.3, -0.25) is 10.1 Å². The molecule has 4 nitrogen and oxygen atoms in total. The van der Waals surface area contributed by atoms with Crippen LogP contribution in [0.5, 0.6) is 0 Å². The molecule has 0 aliphatic heterocycles. The number of halogens is 2. The van der Waals surface area contributed by atoms with Crippen LogP contribution in [0.2, 0.25) is 10.0 Å². The number of nitro groups is 1. The van der Waals surface area contributed by atoms with Crippen molar-refractivity contribution in [3.63, 3.8) is 0 Å². The van der Waals surface area contributed by atoms with Crippen molar-refractivity contribution >= 4 is 34.6 Å². The Morgan fingerprint density at radius 1 is 1.54 bits per heavy atom. The highest BCUT2D eigenvalue weighted by Gasteiger charge is 2.21. The van der Waals surface area contributed by atoms with Crippen molar-refractivity contribution < 1.29 is 4.92 Å². The predicted molar refractivity (Wildman–Crippen MR) is 52.3 cm³/mol. The van der Waals surface area contributed by atoms with Crippen molar-refractivity contribution in [2.24, 2.45) is 0 Å². The number of hydrogen-bond donors (Lipinski definition) is 1. The number of nitrogens with two attached hydrogens (primary N) is 1. The normalized spacial score (nSPS) is 10.1. The molecule has 0 unspecified atom stereocenters. The van der Waals surface area contributed by atoms with E-state index in [1.807, 2.05) is 0 Å². The molecule has 0 spiro atoms. The van der Waals surface area contributed by atoms with Gasteiger partial charge in [-0.25, -0.2) is 0 Å². The Labute approximate surface area is 84.4 Å². The van der Waals surface area contributed by atoms with Crippen molar-refractivity contribution in [1.82, 2.24) is 0 Å². The number of hydrogen-bond acceptors (Lipinski definition) is 3. The topological polar surface area (TPSA) is 69.2 Å². The molecule has 0 saturated carbocycles. The first-order valence-electron chi connectivity index (χ1n) is 3.33. The van der Waals surface area contributed by atoms with Gasteiger partial charge in [-0.15, -0.1) is 0 Å². The first-order chi connectivity index (χ1) is 5.95. The largest absolute Gasteiger partial charge is 0.397 e. The number of aryl methyl sites for hydroxylation is 1. The van der Waals surface area contributed by atoms with Crippen LogP contribution in [0.3, 0.4) is 0 Å². The van der Waals surface area contributed by atoms with E-state index in [0.717, 1.165) is 0 Å². The van der Waals surface area contributed by atoms with Crippen LogP contribution in [0.15, 0.2) is 6.07 Å². The standard InChI is InChI=1S/C7H6Cl2N2O2/c1-3-2-4(8)7(11(12)13)5(9)6(3)10/h2H,10H2,1H3. The lowest BCUT2D eigenvalue weighted by molar-refractivity contribution is -0.384. The smallest absolute Gasteiger partial charge is 0.308 e. The SMILES string of the molecule is Cc1cc(Cl)c([N+](=O)[O-])c(Cl)c1N. The van der Waals surface area contributed by atoms with Gasteiger partial charge in [0, 0.05) is 0 Å². The Kier molecular flexibility index (Phi) is 2.63. The number of anilines is 1. The van der Waals surface area contributed by atoms with E-state index in [2.05, 4.69) is 0 Å². The van der Waals surface area contributed by atoms with E-state index in [1.54, 1.807) is 6.92 Å². The lowest BCUT2D eigenvalue weighted by atomic mass is 10.2. The monoisotopic (exact) mass is 220 g/mol. The quantitative estimate of drug-likeness (QED) is 0.450. The van der Waals surface area contributed by atoms with Gasteiger partial charge in [-0.05, 0) is 18.6 Å². The minimum Gasteiger partial charge on any atom is -0.397 e. The van der Waals surface area contributed by atoms with Gasteiger partial charge in [0.05, 0.1) is 10.6 Å². The number of nitro benzene ring substituents is 1. The van der Waals surface area contributed by atoms with Crippen molar-refractivity contribution in [2.45, 2.75) is 6.92 Å². The zero-order chi connectivity index (χ0) is 10.2. The van der Waals surface area contributed by atoms with Crippen LogP contribution in [0.1, 0.15) is 5.56 Å². The summed E-state index contributed by atoms with van der Waals surface area (Å²) in [6.45, 7) is 1.68. The Morgan fingerprint density at radius 3 is 2.54 bits per heavy atom. The second kappa shape index (κ2) is 3.40. The van der Waals surface area contributed by atoms with Gasteiger partial charge in [0.25, 0.3) is 0 Å².